The van der Waals surface area contributed by atoms with Crippen molar-refractivity contribution >= 4 is 11.9 Å². The molecule has 0 amide bonds. The Morgan fingerprint density at radius 2 is 1.30 bits per heavy atom. The van der Waals surface area contributed by atoms with Crippen molar-refractivity contribution in [2.24, 2.45) is 5.41 Å². The lowest BCUT2D eigenvalue weighted by Gasteiger charge is -2.36. The molecule has 27 heavy (non-hydrogen) atoms. The molecule has 8 nitrogen and oxygen atoms in total. The zero-order chi connectivity index (χ0) is 20.6. The number of carboxylic acids is 2. The van der Waals surface area contributed by atoms with E-state index < -0.39 is 18.0 Å². The zero-order valence-corrected chi connectivity index (χ0v) is 17.6. The molecule has 1 rings (SSSR count). The number of hydrogen-bond acceptors (Lipinski definition) is 6. The minimum Gasteiger partial charge on any atom is -0.480 e. The summed E-state index contributed by atoms with van der Waals surface area (Å²) in [4.78, 5) is 31.5. The molecule has 0 saturated carbocycles. The highest BCUT2D eigenvalue weighted by Crippen LogP contribution is 2.24. The molecule has 1 heterocycles. The molecule has 158 valence electrons. The predicted octanol–water partition coefficient (Wildman–Crippen LogP) is 0.442. The van der Waals surface area contributed by atoms with Gasteiger partial charge in [0.2, 0.25) is 0 Å². The molecule has 0 aromatic heterocycles. The second kappa shape index (κ2) is 10.9. The van der Waals surface area contributed by atoms with Gasteiger partial charge in [-0.2, -0.15) is 0 Å². The van der Waals surface area contributed by atoms with E-state index in [1.807, 2.05) is 9.80 Å². The number of rotatable bonds is 5. The topological polar surface area (TPSA) is 87.6 Å². The van der Waals surface area contributed by atoms with Crippen LogP contribution in [0.25, 0.3) is 0 Å². The van der Waals surface area contributed by atoms with E-state index in [1.54, 1.807) is 0 Å². The van der Waals surface area contributed by atoms with E-state index in [0.717, 1.165) is 26.2 Å². The van der Waals surface area contributed by atoms with Crippen LogP contribution in [-0.2, 0) is 9.59 Å². The molecule has 1 unspecified atom stereocenters. The number of carboxylic acid groups (broad SMARTS) is 2. The molecule has 1 aliphatic heterocycles. The molecule has 0 spiro atoms. The largest absolute Gasteiger partial charge is 0.480 e. The van der Waals surface area contributed by atoms with Gasteiger partial charge in [0.25, 0.3) is 0 Å². The Kier molecular flexibility index (Phi) is 9.66. The Labute approximate surface area is 163 Å². The van der Waals surface area contributed by atoms with Gasteiger partial charge in [-0.25, -0.2) is 0 Å². The number of likely N-dealkylation sites (N-methyl/N-ethyl adjacent to an activating group) is 2. The average Bonchev–Trinajstić information content (AvgIpc) is 2.53. The molecule has 0 bridgehead atoms. The van der Waals surface area contributed by atoms with Gasteiger partial charge in [-0.1, -0.05) is 20.8 Å². The standard InChI is InChI=1S/C19H38N4O4/c1-19(2,3)14-16(18(26)27)23-12-9-21(5)7-6-20(4)8-10-22(11-13-23)15-17(24)25/h16H,6-15H2,1-5H3,(H,24,25)(H,26,27). The van der Waals surface area contributed by atoms with E-state index in [4.69, 9.17) is 0 Å². The van der Waals surface area contributed by atoms with Gasteiger partial charge >= 0.3 is 11.9 Å². The Hall–Kier alpha value is -1.22. The van der Waals surface area contributed by atoms with Gasteiger partial charge < -0.3 is 20.0 Å². The Bertz CT molecular complexity index is 481. The second-order valence-electron chi connectivity index (χ2n) is 8.93. The van der Waals surface area contributed by atoms with Crippen LogP contribution in [0.4, 0.5) is 0 Å². The summed E-state index contributed by atoms with van der Waals surface area (Å²) in [7, 11) is 4.11. The van der Waals surface area contributed by atoms with Gasteiger partial charge in [0.1, 0.15) is 6.04 Å². The third-order valence-electron chi connectivity index (χ3n) is 5.02. The van der Waals surface area contributed by atoms with Crippen molar-refractivity contribution < 1.29 is 19.8 Å². The molecule has 8 heteroatoms. The maximum Gasteiger partial charge on any atom is 0.320 e. The van der Waals surface area contributed by atoms with Crippen molar-refractivity contribution in [3.8, 4) is 0 Å². The van der Waals surface area contributed by atoms with Gasteiger partial charge in [0, 0.05) is 52.4 Å². The zero-order valence-electron chi connectivity index (χ0n) is 17.6. The van der Waals surface area contributed by atoms with E-state index in [2.05, 4.69) is 44.7 Å². The average molecular weight is 387 g/mol. The molecule has 0 aliphatic carbocycles. The highest BCUT2D eigenvalue weighted by Gasteiger charge is 2.30. The van der Waals surface area contributed by atoms with Gasteiger partial charge in [0.05, 0.1) is 6.54 Å². The number of aliphatic carboxylic acids is 2. The molecule has 0 aromatic rings. The Morgan fingerprint density at radius 1 is 0.852 bits per heavy atom. The lowest BCUT2D eigenvalue weighted by Crippen LogP contribution is -2.51. The molecule has 1 atom stereocenters. The number of carbonyl (C=O) groups is 2. The fraction of sp³-hybridized carbons (Fsp3) is 0.895. The molecule has 0 radical (unpaired) electrons. The monoisotopic (exact) mass is 386 g/mol. The summed E-state index contributed by atoms with van der Waals surface area (Å²) >= 11 is 0. The molecular weight excluding hydrogens is 348 g/mol. The number of hydrogen-bond donors (Lipinski definition) is 2. The van der Waals surface area contributed by atoms with E-state index in [0.29, 0.717) is 32.6 Å². The molecule has 0 aromatic carbocycles. The summed E-state index contributed by atoms with van der Waals surface area (Å²) in [5, 5.41) is 19.0. The third kappa shape index (κ3) is 10.0. The normalized spacial score (nSPS) is 22.0. The van der Waals surface area contributed by atoms with Gasteiger partial charge in [-0.15, -0.1) is 0 Å². The van der Waals surface area contributed by atoms with Crippen LogP contribution in [0.5, 0.6) is 0 Å². The maximum absolute atomic E-state index is 12.0. The first-order chi connectivity index (χ1) is 12.5. The van der Waals surface area contributed by atoms with E-state index in [1.165, 1.54) is 0 Å². The van der Waals surface area contributed by atoms with Crippen molar-refractivity contribution in [3.05, 3.63) is 0 Å². The van der Waals surface area contributed by atoms with E-state index >= 15 is 0 Å². The first kappa shape index (κ1) is 23.8. The van der Waals surface area contributed by atoms with Crippen molar-refractivity contribution in [2.45, 2.75) is 33.2 Å². The fourth-order valence-corrected chi connectivity index (χ4v) is 3.28. The molecule has 1 saturated heterocycles. The van der Waals surface area contributed by atoms with Gasteiger partial charge in [0.15, 0.2) is 0 Å². The fourth-order valence-electron chi connectivity index (χ4n) is 3.28. The Balaban J connectivity index is 2.94. The highest BCUT2D eigenvalue weighted by atomic mass is 16.4. The summed E-state index contributed by atoms with van der Waals surface area (Å²) in [6.07, 6.45) is 0.563. The van der Waals surface area contributed by atoms with Crippen LogP contribution in [0.3, 0.4) is 0 Å². The highest BCUT2D eigenvalue weighted by molar-refractivity contribution is 5.73. The van der Waals surface area contributed by atoms with Crippen LogP contribution in [0, 0.1) is 5.41 Å². The smallest absolute Gasteiger partial charge is 0.320 e. The quantitative estimate of drug-likeness (QED) is 0.704. The van der Waals surface area contributed by atoms with Crippen LogP contribution < -0.4 is 0 Å². The van der Waals surface area contributed by atoms with Crippen LogP contribution in [-0.4, -0.2) is 121 Å². The summed E-state index contributed by atoms with van der Waals surface area (Å²) in [5.41, 5.74) is -0.0951. The van der Waals surface area contributed by atoms with Crippen LogP contribution in [0.2, 0.25) is 0 Å². The van der Waals surface area contributed by atoms with E-state index in [-0.39, 0.29) is 12.0 Å². The number of nitrogens with zero attached hydrogens (tertiary/aromatic N) is 4. The minimum atomic E-state index is -0.847. The second-order valence-corrected chi connectivity index (χ2v) is 8.93. The van der Waals surface area contributed by atoms with Crippen molar-refractivity contribution in [3.63, 3.8) is 0 Å². The summed E-state index contributed by atoms with van der Waals surface area (Å²) in [6.45, 7) is 12.0. The minimum absolute atomic E-state index is 0.0153. The maximum atomic E-state index is 12.0. The van der Waals surface area contributed by atoms with Crippen molar-refractivity contribution in [2.75, 3.05) is 73.0 Å². The van der Waals surface area contributed by atoms with Crippen LogP contribution in [0.1, 0.15) is 27.2 Å². The summed E-state index contributed by atoms with van der Waals surface area (Å²) in [5.74, 6) is -1.65. The lowest BCUT2D eigenvalue weighted by atomic mass is 9.87. The first-order valence-electron chi connectivity index (χ1n) is 9.76. The van der Waals surface area contributed by atoms with Gasteiger partial charge in [-0.3, -0.25) is 19.4 Å². The van der Waals surface area contributed by atoms with Gasteiger partial charge in [-0.05, 0) is 25.9 Å². The first-order valence-corrected chi connectivity index (χ1v) is 9.76. The Morgan fingerprint density at radius 3 is 1.78 bits per heavy atom. The van der Waals surface area contributed by atoms with Crippen LogP contribution >= 0.6 is 0 Å². The van der Waals surface area contributed by atoms with Crippen LogP contribution in [0.15, 0.2) is 0 Å². The van der Waals surface area contributed by atoms with Crippen molar-refractivity contribution in [1.82, 2.24) is 19.6 Å². The summed E-state index contributed by atoms with van der Waals surface area (Å²) < 4.78 is 0. The lowest BCUT2D eigenvalue weighted by molar-refractivity contribution is -0.145. The summed E-state index contributed by atoms with van der Waals surface area (Å²) in [6, 6.07) is -0.560. The molecule has 1 aliphatic rings. The third-order valence-corrected chi connectivity index (χ3v) is 5.02. The van der Waals surface area contributed by atoms with E-state index in [9.17, 15) is 19.8 Å². The predicted molar refractivity (Wildman–Crippen MR) is 106 cm³/mol. The molecular formula is C19H38N4O4. The molecule has 2 N–H and O–H groups in total. The molecule has 1 fully saturated rings. The SMILES string of the molecule is CN1CCN(C)CCN(C(CC(C)(C)C)C(=O)O)CCN(CC(=O)O)CC1. The van der Waals surface area contributed by atoms with Crippen molar-refractivity contribution in [1.29, 1.82) is 0 Å².